The topological polar surface area (TPSA) is 41.1 Å². The number of rotatable bonds is 5. The van der Waals surface area contributed by atoms with E-state index in [4.69, 9.17) is 0 Å². The SMILES string of the molecule is CCC1(C(=O)NC(C)Cc2ccc(F)cc2)CCNC1. The van der Waals surface area contributed by atoms with Crippen molar-refractivity contribution < 1.29 is 9.18 Å². The van der Waals surface area contributed by atoms with Gasteiger partial charge in [-0.3, -0.25) is 4.79 Å². The summed E-state index contributed by atoms with van der Waals surface area (Å²) in [5.74, 6) is -0.0907. The average Bonchev–Trinajstić information content (AvgIpc) is 2.91. The first-order valence-electron chi connectivity index (χ1n) is 7.32. The minimum absolute atomic E-state index is 0.0528. The minimum atomic E-state index is -0.253. The lowest BCUT2D eigenvalue weighted by Gasteiger charge is -2.27. The van der Waals surface area contributed by atoms with Crippen LogP contribution in [0.4, 0.5) is 4.39 Å². The van der Waals surface area contributed by atoms with Gasteiger partial charge in [-0.15, -0.1) is 0 Å². The second kappa shape index (κ2) is 6.35. The fourth-order valence-electron chi connectivity index (χ4n) is 2.80. The van der Waals surface area contributed by atoms with Crippen LogP contribution in [0.25, 0.3) is 0 Å². The third-order valence-corrected chi connectivity index (χ3v) is 4.23. The van der Waals surface area contributed by atoms with Crippen molar-refractivity contribution in [3.05, 3.63) is 35.6 Å². The van der Waals surface area contributed by atoms with E-state index in [9.17, 15) is 9.18 Å². The van der Waals surface area contributed by atoms with Crippen LogP contribution in [-0.4, -0.2) is 25.0 Å². The molecule has 2 atom stereocenters. The zero-order chi connectivity index (χ0) is 14.6. The maximum atomic E-state index is 12.9. The molecule has 1 heterocycles. The summed E-state index contributed by atoms with van der Waals surface area (Å²) >= 11 is 0. The third kappa shape index (κ3) is 3.37. The highest BCUT2D eigenvalue weighted by Gasteiger charge is 2.39. The maximum absolute atomic E-state index is 12.9. The highest BCUT2D eigenvalue weighted by atomic mass is 19.1. The smallest absolute Gasteiger partial charge is 0.227 e. The Morgan fingerprint density at radius 1 is 1.45 bits per heavy atom. The van der Waals surface area contributed by atoms with Crippen LogP contribution in [0, 0.1) is 11.2 Å². The summed E-state index contributed by atoms with van der Waals surface area (Å²) in [7, 11) is 0. The van der Waals surface area contributed by atoms with Crippen LogP contribution < -0.4 is 10.6 Å². The molecule has 2 N–H and O–H groups in total. The van der Waals surface area contributed by atoms with Crippen molar-refractivity contribution in [3.63, 3.8) is 0 Å². The Kier molecular flexibility index (Phi) is 4.76. The van der Waals surface area contributed by atoms with Gasteiger partial charge in [-0.1, -0.05) is 19.1 Å². The molecule has 0 saturated carbocycles. The minimum Gasteiger partial charge on any atom is -0.353 e. The second-order valence-corrected chi connectivity index (χ2v) is 5.77. The zero-order valence-corrected chi connectivity index (χ0v) is 12.2. The lowest BCUT2D eigenvalue weighted by atomic mass is 9.83. The zero-order valence-electron chi connectivity index (χ0n) is 12.2. The first-order valence-corrected chi connectivity index (χ1v) is 7.32. The molecule has 0 radical (unpaired) electrons. The van der Waals surface area contributed by atoms with Crippen molar-refractivity contribution in [3.8, 4) is 0 Å². The van der Waals surface area contributed by atoms with Crippen molar-refractivity contribution in [1.82, 2.24) is 10.6 Å². The van der Waals surface area contributed by atoms with Crippen LogP contribution in [0.2, 0.25) is 0 Å². The number of carbonyl (C=O) groups excluding carboxylic acids is 1. The van der Waals surface area contributed by atoms with Crippen LogP contribution in [0.1, 0.15) is 32.3 Å². The van der Waals surface area contributed by atoms with Gasteiger partial charge >= 0.3 is 0 Å². The fraction of sp³-hybridized carbons (Fsp3) is 0.562. The molecule has 2 rings (SSSR count). The van der Waals surface area contributed by atoms with Gasteiger partial charge in [0.05, 0.1) is 5.41 Å². The van der Waals surface area contributed by atoms with Gasteiger partial charge in [0, 0.05) is 12.6 Å². The number of hydrogen-bond acceptors (Lipinski definition) is 2. The maximum Gasteiger partial charge on any atom is 0.227 e. The van der Waals surface area contributed by atoms with Crippen molar-refractivity contribution >= 4 is 5.91 Å². The Balaban J connectivity index is 1.92. The second-order valence-electron chi connectivity index (χ2n) is 5.77. The number of amides is 1. The summed E-state index contributed by atoms with van der Waals surface area (Å²) < 4.78 is 12.9. The summed E-state index contributed by atoms with van der Waals surface area (Å²) in [6.07, 6.45) is 2.48. The highest BCUT2D eigenvalue weighted by molar-refractivity contribution is 5.83. The average molecular weight is 278 g/mol. The molecule has 2 unspecified atom stereocenters. The molecular weight excluding hydrogens is 255 g/mol. The molecule has 0 aromatic heterocycles. The summed E-state index contributed by atoms with van der Waals surface area (Å²) in [5.41, 5.74) is 0.783. The van der Waals surface area contributed by atoms with E-state index in [2.05, 4.69) is 17.6 Å². The Hall–Kier alpha value is -1.42. The van der Waals surface area contributed by atoms with E-state index in [1.54, 1.807) is 12.1 Å². The summed E-state index contributed by atoms with van der Waals surface area (Å²) in [5, 5.41) is 6.38. The van der Waals surface area contributed by atoms with Gasteiger partial charge in [0.2, 0.25) is 5.91 Å². The lowest BCUT2D eigenvalue weighted by molar-refractivity contribution is -0.130. The summed E-state index contributed by atoms with van der Waals surface area (Å²) in [6.45, 7) is 5.73. The molecule has 1 saturated heterocycles. The molecule has 1 amide bonds. The highest BCUT2D eigenvalue weighted by Crippen LogP contribution is 2.29. The normalized spacial score (nSPS) is 23.6. The molecule has 1 fully saturated rings. The van der Waals surface area contributed by atoms with Crippen LogP contribution in [0.3, 0.4) is 0 Å². The van der Waals surface area contributed by atoms with Crippen LogP contribution >= 0.6 is 0 Å². The van der Waals surface area contributed by atoms with Crippen LogP contribution in [0.15, 0.2) is 24.3 Å². The largest absolute Gasteiger partial charge is 0.353 e. The predicted octanol–water partition coefficient (Wildman–Crippen LogP) is 2.26. The first-order chi connectivity index (χ1) is 9.55. The fourth-order valence-corrected chi connectivity index (χ4v) is 2.80. The lowest BCUT2D eigenvalue weighted by Crippen LogP contribution is -2.46. The molecule has 0 aliphatic carbocycles. The molecule has 1 aromatic rings. The van der Waals surface area contributed by atoms with Gasteiger partial charge in [-0.2, -0.15) is 0 Å². The van der Waals surface area contributed by atoms with E-state index in [1.807, 2.05) is 6.92 Å². The molecule has 110 valence electrons. The Morgan fingerprint density at radius 2 is 2.15 bits per heavy atom. The molecule has 1 aromatic carbocycles. The number of halogens is 1. The first kappa shape index (κ1) is 15.0. The third-order valence-electron chi connectivity index (χ3n) is 4.23. The van der Waals surface area contributed by atoms with Crippen LogP contribution in [0.5, 0.6) is 0 Å². The van der Waals surface area contributed by atoms with E-state index in [0.717, 1.165) is 37.9 Å². The summed E-state index contributed by atoms with van der Waals surface area (Å²) in [4.78, 5) is 12.4. The summed E-state index contributed by atoms with van der Waals surface area (Å²) in [6, 6.07) is 6.50. The van der Waals surface area contributed by atoms with Crippen molar-refractivity contribution in [2.24, 2.45) is 5.41 Å². The molecule has 1 aliphatic heterocycles. The molecule has 0 bridgehead atoms. The van der Waals surface area contributed by atoms with Crippen molar-refractivity contribution in [2.45, 2.75) is 39.2 Å². The van der Waals surface area contributed by atoms with Crippen LogP contribution in [-0.2, 0) is 11.2 Å². The molecular formula is C16H23FN2O. The Labute approximate surface area is 120 Å². The number of hydrogen-bond donors (Lipinski definition) is 2. The van der Waals surface area contributed by atoms with Crippen molar-refractivity contribution in [2.75, 3.05) is 13.1 Å². The van der Waals surface area contributed by atoms with E-state index in [0.29, 0.717) is 0 Å². The Morgan fingerprint density at radius 3 is 2.70 bits per heavy atom. The van der Waals surface area contributed by atoms with E-state index >= 15 is 0 Å². The number of benzene rings is 1. The van der Waals surface area contributed by atoms with Gasteiger partial charge in [0.1, 0.15) is 5.82 Å². The van der Waals surface area contributed by atoms with Gasteiger partial charge in [0.25, 0.3) is 0 Å². The molecule has 4 heteroatoms. The molecule has 1 aliphatic rings. The number of nitrogens with one attached hydrogen (secondary N) is 2. The van der Waals surface area contributed by atoms with Gasteiger partial charge in [-0.05, 0) is 50.4 Å². The molecule has 3 nitrogen and oxygen atoms in total. The number of carbonyl (C=O) groups is 1. The quantitative estimate of drug-likeness (QED) is 0.867. The predicted molar refractivity (Wildman–Crippen MR) is 77.9 cm³/mol. The van der Waals surface area contributed by atoms with E-state index in [-0.39, 0.29) is 23.2 Å². The standard InChI is InChI=1S/C16H23FN2O/c1-3-16(8-9-18-11-16)15(20)19-12(2)10-13-4-6-14(17)7-5-13/h4-7,12,18H,3,8-11H2,1-2H3,(H,19,20). The molecule has 0 spiro atoms. The van der Waals surface area contributed by atoms with Gasteiger partial charge in [-0.25, -0.2) is 4.39 Å². The molecule has 20 heavy (non-hydrogen) atoms. The Bertz CT molecular complexity index is 452. The van der Waals surface area contributed by atoms with Crippen molar-refractivity contribution in [1.29, 1.82) is 0 Å². The van der Waals surface area contributed by atoms with Gasteiger partial charge in [0.15, 0.2) is 0 Å². The monoisotopic (exact) mass is 278 g/mol. The van der Waals surface area contributed by atoms with E-state index in [1.165, 1.54) is 12.1 Å². The van der Waals surface area contributed by atoms with Gasteiger partial charge < -0.3 is 10.6 Å². The van der Waals surface area contributed by atoms with E-state index < -0.39 is 0 Å².